The molecule has 19 heavy (non-hydrogen) atoms. The molecule has 0 aromatic heterocycles. The van der Waals surface area contributed by atoms with Gasteiger partial charge in [0.15, 0.2) is 0 Å². The molecule has 1 aromatic carbocycles. The van der Waals surface area contributed by atoms with E-state index in [1.807, 2.05) is 0 Å². The summed E-state index contributed by atoms with van der Waals surface area (Å²) in [6, 6.07) is 3.68. The molecule has 2 rings (SSSR count). The molecule has 0 aliphatic carbocycles. The van der Waals surface area contributed by atoms with E-state index < -0.39 is 15.8 Å². The second-order valence-corrected chi connectivity index (χ2v) is 5.84. The number of halogens is 1. The van der Waals surface area contributed by atoms with Crippen molar-refractivity contribution in [1.82, 2.24) is 5.32 Å². The van der Waals surface area contributed by atoms with E-state index in [2.05, 4.69) is 15.0 Å². The number of rotatable bonds is 5. The summed E-state index contributed by atoms with van der Waals surface area (Å²) < 4.78 is 43.1. The van der Waals surface area contributed by atoms with E-state index in [9.17, 15) is 12.8 Å². The lowest BCUT2D eigenvalue weighted by molar-refractivity contribution is 0.371. The van der Waals surface area contributed by atoms with Crippen LogP contribution in [0.3, 0.4) is 0 Å². The second-order valence-electron chi connectivity index (χ2n) is 4.09. The van der Waals surface area contributed by atoms with Gasteiger partial charge in [0.2, 0.25) is 10.0 Å². The fourth-order valence-corrected chi connectivity index (χ4v) is 2.16. The summed E-state index contributed by atoms with van der Waals surface area (Å²) in [7, 11) is -3.45. The molecule has 0 saturated carbocycles. The molecule has 8 heteroatoms. The van der Waals surface area contributed by atoms with Crippen molar-refractivity contribution in [2.45, 2.75) is 0 Å². The minimum absolute atomic E-state index is 0.124. The first kappa shape index (κ1) is 13.6. The molecule has 0 spiro atoms. The molecule has 0 fully saturated rings. The molecular formula is C11H14FN3O3S. The second kappa shape index (κ2) is 5.43. The number of anilines is 1. The fourth-order valence-electron chi connectivity index (χ4n) is 1.61. The summed E-state index contributed by atoms with van der Waals surface area (Å²) >= 11 is 0. The van der Waals surface area contributed by atoms with Gasteiger partial charge in [0.1, 0.15) is 24.0 Å². The van der Waals surface area contributed by atoms with Crippen molar-refractivity contribution in [3.05, 3.63) is 24.0 Å². The highest BCUT2D eigenvalue weighted by atomic mass is 32.2. The van der Waals surface area contributed by atoms with Crippen molar-refractivity contribution in [2.75, 3.05) is 30.7 Å². The van der Waals surface area contributed by atoms with Gasteiger partial charge in [-0.1, -0.05) is 0 Å². The van der Waals surface area contributed by atoms with Crippen molar-refractivity contribution in [3.63, 3.8) is 0 Å². The van der Waals surface area contributed by atoms with Crippen LogP contribution in [0.1, 0.15) is 0 Å². The van der Waals surface area contributed by atoms with Gasteiger partial charge in [0.05, 0.1) is 18.5 Å². The third-order valence-electron chi connectivity index (χ3n) is 2.29. The lowest BCUT2D eigenvalue weighted by Crippen LogP contribution is -2.24. The molecule has 0 unspecified atom stereocenters. The number of amidine groups is 1. The van der Waals surface area contributed by atoms with E-state index in [4.69, 9.17) is 4.74 Å². The maximum Gasteiger partial charge on any atom is 0.229 e. The average molecular weight is 287 g/mol. The molecule has 0 atom stereocenters. The van der Waals surface area contributed by atoms with Gasteiger partial charge in [-0.3, -0.25) is 9.71 Å². The Hall–Kier alpha value is -1.83. The average Bonchev–Trinajstić information content (AvgIpc) is 2.75. The number of ether oxygens (including phenoxy) is 1. The summed E-state index contributed by atoms with van der Waals surface area (Å²) in [5, 5.41) is 3.01. The van der Waals surface area contributed by atoms with Crippen LogP contribution in [0.2, 0.25) is 0 Å². The van der Waals surface area contributed by atoms with E-state index in [-0.39, 0.29) is 18.0 Å². The Morgan fingerprint density at radius 2 is 2.26 bits per heavy atom. The van der Waals surface area contributed by atoms with Gasteiger partial charge in [-0.25, -0.2) is 12.8 Å². The van der Waals surface area contributed by atoms with E-state index >= 15 is 0 Å². The van der Waals surface area contributed by atoms with Gasteiger partial charge in [-0.05, 0) is 6.07 Å². The highest BCUT2D eigenvalue weighted by Crippen LogP contribution is 2.21. The highest BCUT2D eigenvalue weighted by molar-refractivity contribution is 7.92. The number of benzene rings is 1. The Labute approximate surface area is 110 Å². The number of hydrogen-bond donors (Lipinski definition) is 2. The van der Waals surface area contributed by atoms with Gasteiger partial charge in [-0.2, -0.15) is 0 Å². The van der Waals surface area contributed by atoms with Crippen LogP contribution in [0.15, 0.2) is 23.2 Å². The topological polar surface area (TPSA) is 79.8 Å². The Morgan fingerprint density at radius 3 is 2.89 bits per heavy atom. The van der Waals surface area contributed by atoms with E-state index in [1.165, 1.54) is 12.1 Å². The quantitative estimate of drug-likeness (QED) is 0.830. The molecule has 0 bridgehead atoms. The molecule has 1 aromatic rings. The third kappa shape index (κ3) is 4.40. The largest absolute Gasteiger partial charge is 0.486 e. The lowest BCUT2D eigenvalue weighted by atomic mass is 10.3. The van der Waals surface area contributed by atoms with Gasteiger partial charge < -0.3 is 10.1 Å². The molecular weight excluding hydrogens is 273 g/mol. The number of nitrogens with zero attached hydrogens (tertiary/aromatic N) is 1. The lowest BCUT2D eigenvalue weighted by Gasteiger charge is -2.09. The molecule has 6 nitrogen and oxygen atoms in total. The number of sulfonamides is 1. The predicted octanol–water partition coefficient (Wildman–Crippen LogP) is 0.578. The SMILES string of the molecule is CS(=O)(=O)Nc1cc(F)cc(OCC2=NCCN2)c1. The van der Waals surface area contributed by atoms with Crippen molar-refractivity contribution < 1.29 is 17.5 Å². The molecule has 1 aliphatic heterocycles. The standard InChI is InChI=1S/C11H14FN3O3S/c1-19(16,17)15-9-4-8(12)5-10(6-9)18-7-11-13-2-3-14-11/h4-6,15H,2-3,7H2,1H3,(H,13,14). The first-order valence-corrected chi connectivity index (χ1v) is 7.50. The fraction of sp³-hybridized carbons (Fsp3) is 0.364. The van der Waals surface area contributed by atoms with Crippen LogP contribution in [0, 0.1) is 5.82 Å². The molecule has 0 saturated heterocycles. The Bertz CT molecular complexity index is 601. The van der Waals surface area contributed by atoms with Crippen LogP contribution in [-0.4, -0.2) is 40.2 Å². The monoisotopic (exact) mass is 287 g/mol. The summed E-state index contributed by atoms with van der Waals surface area (Å²) in [4.78, 5) is 4.13. The normalized spacial score (nSPS) is 14.7. The number of hydrogen-bond acceptors (Lipinski definition) is 5. The first-order valence-electron chi connectivity index (χ1n) is 5.61. The minimum atomic E-state index is -3.45. The minimum Gasteiger partial charge on any atom is -0.486 e. The zero-order chi connectivity index (χ0) is 13.9. The van der Waals surface area contributed by atoms with Gasteiger partial charge in [0.25, 0.3) is 0 Å². The van der Waals surface area contributed by atoms with Crippen LogP contribution in [0.5, 0.6) is 5.75 Å². The third-order valence-corrected chi connectivity index (χ3v) is 2.90. The van der Waals surface area contributed by atoms with E-state index in [1.54, 1.807) is 0 Å². The summed E-state index contributed by atoms with van der Waals surface area (Å²) in [6.45, 7) is 1.66. The van der Waals surface area contributed by atoms with Gasteiger partial charge in [0, 0.05) is 18.7 Å². The molecule has 0 radical (unpaired) electrons. The molecule has 1 aliphatic rings. The molecule has 1 heterocycles. The van der Waals surface area contributed by atoms with E-state index in [0.29, 0.717) is 12.4 Å². The molecule has 104 valence electrons. The number of aliphatic imine (C=N–C) groups is 1. The van der Waals surface area contributed by atoms with Crippen LogP contribution in [-0.2, 0) is 10.0 Å². The van der Waals surface area contributed by atoms with Crippen molar-refractivity contribution in [2.24, 2.45) is 4.99 Å². The summed E-state index contributed by atoms with van der Waals surface area (Å²) in [5.74, 6) is 0.356. The molecule has 0 amide bonds. The zero-order valence-electron chi connectivity index (χ0n) is 10.3. The molecule has 2 N–H and O–H groups in total. The Kier molecular flexibility index (Phi) is 3.89. The smallest absolute Gasteiger partial charge is 0.229 e. The summed E-state index contributed by atoms with van der Waals surface area (Å²) in [6.07, 6.45) is 0.996. The maximum atomic E-state index is 13.3. The van der Waals surface area contributed by atoms with Crippen LogP contribution >= 0.6 is 0 Å². The maximum absolute atomic E-state index is 13.3. The zero-order valence-corrected chi connectivity index (χ0v) is 11.1. The van der Waals surface area contributed by atoms with E-state index in [0.717, 1.165) is 18.9 Å². The van der Waals surface area contributed by atoms with Crippen molar-refractivity contribution in [3.8, 4) is 5.75 Å². The number of nitrogens with one attached hydrogen (secondary N) is 2. The van der Waals surface area contributed by atoms with Gasteiger partial charge >= 0.3 is 0 Å². The van der Waals surface area contributed by atoms with Gasteiger partial charge in [-0.15, -0.1) is 0 Å². The first-order chi connectivity index (χ1) is 8.92. The van der Waals surface area contributed by atoms with Crippen LogP contribution < -0.4 is 14.8 Å². The summed E-state index contributed by atoms with van der Waals surface area (Å²) in [5.41, 5.74) is 0.124. The van der Waals surface area contributed by atoms with Crippen LogP contribution in [0.4, 0.5) is 10.1 Å². The van der Waals surface area contributed by atoms with Crippen molar-refractivity contribution >= 4 is 21.5 Å². The Balaban J connectivity index is 2.07. The van der Waals surface area contributed by atoms with Crippen molar-refractivity contribution in [1.29, 1.82) is 0 Å². The predicted molar refractivity (Wildman–Crippen MR) is 70.7 cm³/mol. The Morgan fingerprint density at radius 1 is 1.47 bits per heavy atom. The van der Waals surface area contributed by atoms with Crippen LogP contribution in [0.25, 0.3) is 0 Å². The highest BCUT2D eigenvalue weighted by Gasteiger charge is 2.09.